The second kappa shape index (κ2) is 8.66. The molecular formula is C18H21FN2O4S. The fourth-order valence-corrected chi connectivity index (χ4v) is 3.32. The summed E-state index contributed by atoms with van der Waals surface area (Å²) >= 11 is 0. The molecule has 2 rings (SSSR count). The van der Waals surface area contributed by atoms with Crippen molar-refractivity contribution in [3.8, 4) is 5.75 Å². The summed E-state index contributed by atoms with van der Waals surface area (Å²) in [5, 5.41) is 2.44. The molecule has 140 valence electrons. The highest BCUT2D eigenvalue weighted by Crippen LogP contribution is 2.30. The predicted molar refractivity (Wildman–Crippen MR) is 99.4 cm³/mol. The fourth-order valence-electron chi connectivity index (χ4n) is 2.38. The number of halogens is 1. The first-order valence-electron chi connectivity index (χ1n) is 8.07. The molecule has 0 aliphatic rings. The van der Waals surface area contributed by atoms with E-state index >= 15 is 0 Å². The largest absolute Gasteiger partial charge is 0.492 e. The lowest BCUT2D eigenvalue weighted by atomic mass is 10.2. The van der Waals surface area contributed by atoms with Crippen LogP contribution in [0.15, 0.2) is 48.5 Å². The number of carbonyl (C=O) groups excluding carboxylic acids is 1. The highest BCUT2D eigenvalue weighted by atomic mass is 32.2. The van der Waals surface area contributed by atoms with Gasteiger partial charge in [-0.3, -0.25) is 9.10 Å². The molecular weight excluding hydrogens is 359 g/mol. The Morgan fingerprint density at radius 2 is 1.81 bits per heavy atom. The summed E-state index contributed by atoms with van der Waals surface area (Å²) in [6, 6.07) is 12.5. The van der Waals surface area contributed by atoms with E-state index in [1.165, 1.54) is 18.2 Å². The van der Waals surface area contributed by atoms with Crippen LogP contribution < -0.4 is 14.4 Å². The van der Waals surface area contributed by atoms with Crippen LogP contribution in [0.2, 0.25) is 0 Å². The van der Waals surface area contributed by atoms with Crippen LogP contribution in [0.5, 0.6) is 5.75 Å². The smallest absolute Gasteiger partial charge is 0.232 e. The lowest BCUT2D eigenvalue weighted by molar-refractivity contribution is -0.116. The number of benzene rings is 2. The zero-order valence-electron chi connectivity index (χ0n) is 14.6. The Morgan fingerprint density at radius 1 is 1.15 bits per heavy atom. The summed E-state index contributed by atoms with van der Waals surface area (Å²) in [7, 11) is -3.64. The minimum atomic E-state index is -3.64. The molecule has 0 aliphatic heterocycles. The minimum absolute atomic E-state index is 0.0538. The van der Waals surface area contributed by atoms with Crippen molar-refractivity contribution in [2.45, 2.75) is 13.3 Å². The second-order valence-electron chi connectivity index (χ2n) is 5.51. The number of anilines is 2. The molecule has 0 aliphatic carbocycles. The van der Waals surface area contributed by atoms with Gasteiger partial charge in [-0.05, 0) is 31.2 Å². The third-order valence-electron chi connectivity index (χ3n) is 3.52. The quantitative estimate of drug-likeness (QED) is 0.764. The van der Waals surface area contributed by atoms with Gasteiger partial charge in [0.15, 0.2) is 0 Å². The van der Waals surface area contributed by atoms with Gasteiger partial charge in [-0.2, -0.15) is 0 Å². The molecule has 0 bridgehead atoms. The zero-order chi connectivity index (χ0) is 19.2. The van der Waals surface area contributed by atoms with Crippen molar-refractivity contribution in [1.29, 1.82) is 0 Å². The predicted octanol–water partition coefficient (Wildman–Crippen LogP) is 3.02. The van der Waals surface area contributed by atoms with Gasteiger partial charge in [0.2, 0.25) is 15.9 Å². The van der Waals surface area contributed by atoms with Crippen molar-refractivity contribution in [1.82, 2.24) is 0 Å². The zero-order valence-corrected chi connectivity index (χ0v) is 15.4. The molecule has 0 atom stereocenters. The number of amides is 1. The van der Waals surface area contributed by atoms with Crippen molar-refractivity contribution in [3.05, 3.63) is 54.3 Å². The monoisotopic (exact) mass is 380 g/mol. The average Bonchev–Trinajstić information content (AvgIpc) is 2.57. The average molecular weight is 380 g/mol. The number of hydrogen-bond donors (Lipinski definition) is 1. The van der Waals surface area contributed by atoms with E-state index in [-0.39, 0.29) is 18.7 Å². The van der Waals surface area contributed by atoms with E-state index in [1.807, 2.05) is 0 Å². The maximum Gasteiger partial charge on any atom is 0.232 e. The van der Waals surface area contributed by atoms with E-state index in [0.717, 1.165) is 10.6 Å². The maximum absolute atomic E-state index is 13.6. The van der Waals surface area contributed by atoms with Crippen molar-refractivity contribution >= 4 is 27.3 Å². The van der Waals surface area contributed by atoms with E-state index < -0.39 is 21.7 Å². The molecule has 0 spiro atoms. The van der Waals surface area contributed by atoms with Crippen LogP contribution in [0.25, 0.3) is 0 Å². The Morgan fingerprint density at radius 3 is 2.46 bits per heavy atom. The molecule has 0 aromatic heterocycles. The number of rotatable bonds is 8. The molecule has 2 aromatic carbocycles. The first-order chi connectivity index (χ1) is 12.3. The van der Waals surface area contributed by atoms with Crippen LogP contribution in [0.4, 0.5) is 15.8 Å². The molecule has 1 N–H and O–H groups in total. The first kappa shape index (κ1) is 19.7. The SMILES string of the molecule is CCOc1ccccc1N(CCC(=O)Nc1ccccc1F)S(C)(=O)=O. The molecule has 0 fully saturated rings. The van der Waals surface area contributed by atoms with Crippen molar-refractivity contribution in [3.63, 3.8) is 0 Å². The highest BCUT2D eigenvalue weighted by molar-refractivity contribution is 7.92. The molecule has 8 heteroatoms. The standard InChI is InChI=1S/C18H21FN2O4S/c1-3-25-17-11-7-6-10-16(17)21(26(2,23)24)13-12-18(22)20-15-9-5-4-8-14(15)19/h4-11H,3,12-13H2,1-2H3,(H,20,22). The van der Waals surface area contributed by atoms with Gasteiger partial charge in [-0.1, -0.05) is 24.3 Å². The van der Waals surface area contributed by atoms with Crippen molar-refractivity contribution < 1.29 is 22.3 Å². The number of sulfonamides is 1. The van der Waals surface area contributed by atoms with Gasteiger partial charge in [-0.25, -0.2) is 12.8 Å². The first-order valence-corrected chi connectivity index (χ1v) is 9.91. The maximum atomic E-state index is 13.6. The number of nitrogens with zero attached hydrogens (tertiary/aromatic N) is 1. The van der Waals surface area contributed by atoms with E-state index in [4.69, 9.17) is 4.74 Å². The Kier molecular flexibility index (Phi) is 6.57. The highest BCUT2D eigenvalue weighted by Gasteiger charge is 2.22. The third-order valence-corrected chi connectivity index (χ3v) is 4.70. The minimum Gasteiger partial charge on any atom is -0.492 e. The molecule has 0 saturated heterocycles. The van der Waals surface area contributed by atoms with Gasteiger partial charge < -0.3 is 10.1 Å². The second-order valence-corrected chi connectivity index (χ2v) is 7.42. The van der Waals surface area contributed by atoms with Gasteiger partial charge in [0, 0.05) is 13.0 Å². The van der Waals surface area contributed by atoms with Gasteiger partial charge in [-0.15, -0.1) is 0 Å². The number of ether oxygens (including phenoxy) is 1. The Hall–Kier alpha value is -2.61. The van der Waals surface area contributed by atoms with Crippen LogP contribution in [0, 0.1) is 5.82 Å². The van der Waals surface area contributed by atoms with Crippen LogP contribution in [-0.4, -0.2) is 33.7 Å². The van der Waals surface area contributed by atoms with Crippen molar-refractivity contribution in [2.75, 3.05) is 29.0 Å². The molecule has 0 radical (unpaired) electrons. The van der Waals surface area contributed by atoms with Crippen LogP contribution in [0.3, 0.4) is 0 Å². The van der Waals surface area contributed by atoms with Crippen molar-refractivity contribution in [2.24, 2.45) is 0 Å². The Bertz CT molecular complexity index is 871. The summed E-state index contributed by atoms with van der Waals surface area (Å²) in [4.78, 5) is 12.1. The molecule has 1 amide bonds. The van der Waals surface area contributed by atoms with Gasteiger partial charge in [0.05, 0.1) is 24.2 Å². The molecule has 0 saturated carbocycles. The fraction of sp³-hybridized carbons (Fsp3) is 0.278. The summed E-state index contributed by atoms with van der Waals surface area (Å²) in [6.45, 7) is 2.08. The summed E-state index contributed by atoms with van der Waals surface area (Å²) in [6.07, 6.45) is 0.923. The number of hydrogen-bond acceptors (Lipinski definition) is 4. The molecule has 6 nitrogen and oxygen atoms in total. The summed E-state index contributed by atoms with van der Waals surface area (Å²) in [5.41, 5.74) is 0.411. The lowest BCUT2D eigenvalue weighted by Crippen LogP contribution is -2.33. The van der Waals surface area contributed by atoms with E-state index in [2.05, 4.69) is 5.32 Å². The third kappa shape index (κ3) is 5.19. The Balaban J connectivity index is 2.15. The van der Waals surface area contributed by atoms with Crippen LogP contribution in [-0.2, 0) is 14.8 Å². The van der Waals surface area contributed by atoms with Gasteiger partial charge in [0.25, 0.3) is 0 Å². The normalized spacial score (nSPS) is 11.0. The molecule has 0 unspecified atom stereocenters. The lowest BCUT2D eigenvalue weighted by Gasteiger charge is -2.24. The van der Waals surface area contributed by atoms with Gasteiger partial charge in [0.1, 0.15) is 11.6 Å². The topological polar surface area (TPSA) is 75.7 Å². The molecule has 2 aromatic rings. The van der Waals surface area contributed by atoms with E-state index in [0.29, 0.717) is 18.0 Å². The number of para-hydroxylation sites is 3. The molecule has 0 heterocycles. The van der Waals surface area contributed by atoms with E-state index in [9.17, 15) is 17.6 Å². The number of nitrogens with one attached hydrogen (secondary N) is 1. The van der Waals surface area contributed by atoms with E-state index in [1.54, 1.807) is 37.3 Å². The number of carbonyl (C=O) groups is 1. The molecule has 26 heavy (non-hydrogen) atoms. The summed E-state index contributed by atoms with van der Waals surface area (Å²) in [5.74, 6) is -0.630. The van der Waals surface area contributed by atoms with Crippen LogP contribution >= 0.6 is 0 Å². The summed E-state index contributed by atoms with van der Waals surface area (Å²) < 4.78 is 44.6. The Labute approximate surface area is 152 Å². The van der Waals surface area contributed by atoms with Crippen LogP contribution in [0.1, 0.15) is 13.3 Å². The van der Waals surface area contributed by atoms with Gasteiger partial charge >= 0.3 is 0 Å².